The van der Waals surface area contributed by atoms with Crippen molar-refractivity contribution < 1.29 is 18.1 Å². The van der Waals surface area contributed by atoms with Crippen LogP contribution in [0.15, 0.2) is 72.8 Å². The number of phosphoric ester groups is 1. The molecule has 0 saturated heterocycles. The van der Waals surface area contributed by atoms with Crippen LogP contribution in [-0.4, -0.2) is 0 Å². The summed E-state index contributed by atoms with van der Waals surface area (Å²) in [6.45, 7) is 33.9. The highest BCUT2D eigenvalue weighted by molar-refractivity contribution is 7.48. The standard InChI is InChI=1S/C54H87O4P/c1-16-22-31-40(19-4)49(43-34-25-28-37-46(43)52(7,8)9)56-59(55,57-50(41(20-5)32-23-17-2)44-35-26-29-38-47(44)53(10,11)12)58-51(42(21-6)33-24-18-3)45-36-27-30-39-48(45)54(13,14)15/h25-30,34-42,49-51H,16-24,31-33H2,1-15H3. The molecule has 0 bridgehead atoms. The van der Waals surface area contributed by atoms with E-state index in [2.05, 4.69) is 177 Å². The smallest absolute Gasteiger partial charge is 0.278 e. The molecule has 0 amide bonds. The molecule has 3 aromatic rings. The minimum Gasteiger partial charge on any atom is -0.278 e. The van der Waals surface area contributed by atoms with Gasteiger partial charge in [0.2, 0.25) is 0 Å². The number of benzene rings is 3. The zero-order valence-electron chi connectivity index (χ0n) is 40.5. The maximum atomic E-state index is 16.9. The lowest BCUT2D eigenvalue weighted by molar-refractivity contribution is -0.0181. The molecule has 3 aromatic carbocycles. The summed E-state index contributed by atoms with van der Waals surface area (Å²) in [5.74, 6) is 0.344. The van der Waals surface area contributed by atoms with Crippen LogP contribution in [0.3, 0.4) is 0 Å². The maximum Gasteiger partial charge on any atom is 0.476 e. The SMILES string of the molecule is CCCCC(CC)C(OP(=O)(OC(c1ccccc1C(C)(C)C)C(CC)CCCC)OC(c1ccccc1C(C)(C)C)C(CC)CCCC)c1ccccc1C(C)(C)C. The van der Waals surface area contributed by atoms with Gasteiger partial charge in [0.25, 0.3) is 0 Å². The normalized spacial score (nSPS) is 16.9. The van der Waals surface area contributed by atoms with Gasteiger partial charge in [0, 0.05) is 0 Å². The molecular weight excluding hydrogens is 744 g/mol. The van der Waals surface area contributed by atoms with E-state index >= 15 is 4.57 Å². The molecule has 0 radical (unpaired) electrons. The van der Waals surface area contributed by atoms with E-state index in [4.69, 9.17) is 13.6 Å². The Kier molecular flexibility index (Phi) is 20.2. The van der Waals surface area contributed by atoms with E-state index in [1.54, 1.807) is 0 Å². The largest absolute Gasteiger partial charge is 0.476 e. The van der Waals surface area contributed by atoms with Crippen molar-refractivity contribution in [3.8, 4) is 0 Å². The van der Waals surface area contributed by atoms with E-state index < -0.39 is 26.1 Å². The van der Waals surface area contributed by atoms with Gasteiger partial charge < -0.3 is 0 Å². The lowest BCUT2D eigenvalue weighted by Crippen LogP contribution is -2.26. The van der Waals surface area contributed by atoms with Crippen molar-refractivity contribution in [1.82, 2.24) is 0 Å². The number of hydrogen-bond donors (Lipinski definition) is 0. The Labute approximate surface area is 364 Å². The van der Waals surface area contributed by atoms with Gasteiger partial charge in [-0.1, -0.05) is 234 Å². The Morgan fingerprint density at radius 3 is 0.864 bits per heavy atom. The number of unbranched alkanes of at least 4 members (excludes halogenated alkanes) is 3. The van der Waals surface area contributed by atoms with Crippen molar-refractivity contribution in [2.45, 2.75) is 215 Å². The average molecular weight is 831 g/mol. The van der Waals surface area contributed by atoms with Gasteiger partial charge in [-0.25, -0.2) is 4.57 Å². The summed E-state index contributed by atoms with van der Waals surface area (Å²) in [6, 6.07) is 26.0. The van der Waals surface area contributed by atoms with Crippen LogP contribution >= 0.6 is 7.82 Å². The first-order valence-electron chi connectivity index (χ1n) is 23.7. The van der Waals surface area contributed by atoms with Gasteiger partial charge in [-0.3, -0.25) is 13.6 Å². The van der Waals surface area contributed by atoms with Crippen LogP contribution in [0.25, 0.3) is 0 Å². The van der Waals surface area contributed by atoms with Crippen molar-refractivity contribution in [3.05, 3.63) is 106 Å². The summed E-state index contributed by atoms with van der Waals surface area (Å²) in [7, 11) is -4.40. The monoisotopic (exact) mass is 831 g/mol. The van der Waals surface area contributed by atoms with Crippen LogP contribution in [0.2, 0.25) is 0 Å². The molecule has 6 unspecified atom stereocenters. The Hall–Kier alpha value is -2.23. The summed E-state index contributed by atoms with van der Waals surface area (Å²) < 4.78 is 39.3. The first-order chi connectivity index (χ1) is 27.8. The highest BCUT2D eigenvalue weighted by Crippen LogP contribution is 2.64. The summed E-state index contributed by atoms with van der Waals surface area (Å²) in [4.78, 5) is 0. The Morgan fingerprint density at radius 2 is 0.661 bits per heavy atom. The molecule has 5 heteroatoms. The predicted octanol–water partition coefficient (Wildman–Crippen LogP) is 17.9. The van der Waals surface area contributed by atoms with Gasteiger partial charge in [0.1, 0.15) is 0 Å². The van der Waals surface area contributed by atoms with E-state index in [1.165, 1.54) is 16.7 Å². The summed E-state index contributed by atoms with van der Waals surface area (Å²) in [5, 5.41) is 0. The molecule has 0 N–H and O–H groups in total. The second kappa shape index (κ2) is 23.3. The molecular formula is C54H87O4P. The van der Waals surface area contributed by atoms with Crippen LogP contribution in [0.5, 0.6) is 0 Å². The zero-order valence-corrected chi connectivity index (χ0v) is 41.4. The Balaban J connectivity index is 2.50. The van der Waals surface area contributed by atoms with Crippen LogP contribution in [0.1, 0.15) is 233 Å². The van der Waals surface area contributed by atoms with Gasteiger partial charge in [-0.15, -0.1) is 0 Å². The number of rotatable bonds is 24. The molecule has 0 heterocycles. The molecule has 0 aliphatic heterocycles. The van der Waals surface area contributed by atoms with Crippen LogP contribution in [0.4, 0.5) is 0 Å². The third-order valence-corrected chi connectivity index (χ3v) is 14.1. The van der Waals surface area contributed by atoms with Crippen LogP contribution < -0.4 is 0 Å². The highest BCUT2D eigenvalue weighted by atomic mass is 31.2. The molecule has 0 aliphatic rings. The molecule has 0 aromatic heterocycles. The van der Waals surface area contributed by atoms with Crippen molar-refractivity contribution in [2.75, 3.05) is 0 Å². The molecule has 0 saturated carbocycles. The lowest BCUT2D eigenvalue weighted by atomic mass is 9.79. The molecule has 6 atom stereocenters. The van der Waals surface area contributed by atoms with Crippen molar-refractivity contribution in [1.29, 1.82) is 0 Å². The summed E-state index contributed by atoms with van der Waals surface area (Å²) >= 11 is 0. The van der Waals surface area contributed by atoms with Crippen molar-refractivity contribution in [2.24, 2.45) is 17.8 Å². The van der Waals surface area contributed by atoms with Gasteiger partial charge >= 0.3 is 7.82 Å². The van der Waals surface area contributed by atoms with Crippen molar-refractivity contribution >= 4 is 7.82 Å². The van der Waals surface area contributed by atoms with Gasteiger partial charge in [-0.05, 0) is 86.6 Å². The average Bonchev–Trinajstić information content (AvgIpc) is 3.19. The molecule has 332 valence electrons. The first kappa shape index (κ1) is 51.1. The molecule has 59 heavy (non-hydrogen) atoms. The predicted molar refractivity (Wildman–Crippen MR) is 254 cm³/mol. The topological polar surface area (TPSA) is 44.8 Å². The Morgan fingerprint density at radius 1 is 0.424 bits per heavy atom. The Bertz CT molecular complexity index is 1510. The maximum absolute atomic E-state index is 16.9. The van der Waals surface area contributed by atoms with Gasteiger partial charge in [-0.2, -0.15) is 0 Å². The van der Waals surface area contributed by atoms with Gasteiger partial charge in [0.15, 0.2) is 0 Å². The lowest BCUT2D eigenvalue weighted by Gasteiger charge is -2.39. The molecule has 0 spiro atoms. The quantitative estimate of drug-likeness (QED) is 0.0844. The minimum atomic E-state index is -4.40. The first-order valence-corrected chi connectivity index (χ1v) is 25.2. The third-order valence-electron chi connectivity index (χ3n) is 12.6. The zero-order chi connectivity index (χ0) is 44.0. The second-order valence-corrected chi connectivity index (χ2v) is 22.0. The van der Waals surface area contributed by atoms with E-state index in [1.807, 2.05) is 0 Å². The highest BCUT2D eigenvalue weighted by Gasteiger charge is 2.45. The fourth-order valence-electron chi connectivity index (χ4n) is 9.07. The minimum absolute atomic E-state index is 0.115. The van der Waals surface area contributed by atoms with Crippen LogP contribution in [-0.2, 0) is 34.4 Å². The summed E-state index contributed by atoms with van der Waals surface area (Å²) in [6.07, 6.45) is 10.5. The van der Waals surface area contributed by atoms with Crippen molar-refractivity contribution in [3.63, 3.8) is 0 Å². The van der Waals surface area contributed by atoms with E-state index in [-0.39, 0.29) is 34.0 Å². The third kappa shape index (κ3) is 14.4. The summed E-state index contributed by atoms with van der Waals surface area (Å²) in [5.41, 5.74) is 6.42. The van der Waals surface area contributed by atoms with E-state index in [0.717, 1.165) is 93.7 Å². The molecule has 4 nitrogen and oxygen atoms in total. The second-order valence-electron chi connectivity index (χ2n) is 20.5. The fourth-order valence-corrected chi connectivity index (χ4v) is 10.9. The van der Waals surface area contributed by atoms with Crippen LogP contribution in [0, 0.1) is 17.8 Å². The molecule has 0 aliphatic carbocycles. The van der Waals surface area contributed by atoms with Gasteiger partial charge in [0.05, 0.1) is 18.3 Å². The fraction of sp³-hybridized carbons (Fsp3) is 0.667. The van der Waals surface area contributed by atoms with E-state index in [0.29, 0.717) is 0 Å². The molecule has 3 rings (SSSR count). The number of phosphoric acid groups is 1. The molecule has 0 fully saturated rings. The number of hydrogen-bond acceptors (Lipinski definition) is 4. The van der Waals surface area contributed by atoms with E-state index in [9.17, 15) is 0 Å².